The summed E-state index contributed by atoms with van der Waals surface area (Å²) in [6.07, 6.45) is 5.19. The van der Waals surface area contributed by atoms with Gasteiger partial charge in [0.2, 0.25) is 0 Å². The smallest absolute Gasteiger partial charge is 0.170 e. The van der Waals surface area contributed by atoms with Gasteiger partial charge in [-0.3, -0.25) is 4.79 Å². The van der Waals surface area contributed by atoms with E-state index < -0.39 is 0 Å². The number of aryl methyl sites for hydroxylation is 1. The molecule has 3 heterocycles. The third kappa shape index (κ3) is 4.65. The molecule has 1 aliphatic rings. The van der Waals surface area contributed by atoms with Crippen LogP contribution in [0.5, 0.6) is 0 Å². The van der Waals surface area contributed by atoms with Crippen LogP contribution < -0.4 is 0 Å². The summed E-state index contributed by atoms with van der Waals surface area (Å²) < 4.78 is 6.88. The first-order chi connectivity index (χ1) is 12.5. The summed E-state index contributed by atoms with van der Waals surface area (Å²) in [5.74, 6) is 0.721. The van der Waals surface area contributed by atoms with E-state index in [0.29, 0.717) is 29.8 Å². The minimum atomic E-state index is -0.0341. The number of nitrogens with zero attached hydrogens (tertiary/aromatic N) is 5. The predicted octanol–water partition coefficient (Wildman–Crippen LogP) is 1.73. The average Bonchev–Trinajstić information content (AvgIpc) is 3.28. The summed E-state index contributed by atoms with van der Waals surface area (Å²) in [7, 11) is 2.05. The minimum Gasteiger partial charge on any atom is -0.481 e. The normalized spacial score (nSPS) is 16.3. The molecular weight excluding hydrogens is 520 g/mol. The van der Waals surface area contributed by atoms with Crippen molar-refractivity contribution in [3.63, 3.8) is 0 Å². The Kier molecular flexibility index (Phi) is 7.33. The number of aldehydes is 1. The van der Waals surface area contributed by atoms with Crippen molar-refractivity contribution < 1.29 is 30.0 Å². The Labute approximate surface area is 171 Å². The first-order valence-corrected chi connectivity index (χ1v) is 8.46. The Morgan fingerprint density at radius 2 is 2.26 bits per heavy atom. The molecule has 1 fully saturated rings. The van der Waals surface area contributed by atoms with Crippen LogP contribution in [0.3, 0.4) is 0 Å². The molecule has 1 saturated heterocycles. The zero-order valence-electron chi connectivity index (χ0n) is 15.3. The molecule has 0 aromatic carbocycles. The standard InChI is InChI=1S/C17H22N7O2.Re/c1-11-20-16(19)14(7-18)17(21-11)24-8-12(15(9-25)22-24)3-5-23(2)13-4-6-26-10-13;/h7-9,13H,3-6,10H2,1-2H3,(H2-,18,19,20,21);/q-1;. The van der Waals surface area contributed by atoms with Crippen LogP contribution in [0.1, 0.15) is 33.9 Å². The van der Waals surface area contributed by atoms with Crippen LogP contribution in [0.25, 0.3) is 11.6 Å². The number of ether oxygens (including phenoxy) is 1. The third-order valence-electron chi connectivity index (χ3n) is 4.60. The maximum absolute atomic E-state index is 11.4. The molecular formula is C17H22N7O2Re-. The zero-order valence-corrected chi connectivity index (χ0v) is 18.0. The Hall–Kier alpha value is -1.99. The summed E-state index contributed by atoms with van der Waals surface area (Å²) in [6, 6.07) is 0.407. The van der Waals surface area contributed by atoms with Crippen LogP contribution in [-0.4, -0.2) is 70.0 Å². The molecule has 9 nitrogen and oxygen atoms in total. The Balaban J connectivity index is 0.00000261. The number of carbonyl (C=O) groups is 1. The second-order valence-electron chi connectivity index (χ2n) is 6.35. The molecule has 1 unspecified atom stereocenters. The fraction of sp³-hybridized carbons (Fsp3) is 0.471. The van der Waals surface area contributed by atoms with E-state index in [1.807, 2.05) is 0 Å². The van der Waals surface area contributed by atoms with E-state index in [1.54, 1.807) is 13.1 Å². The molecule has 2 aromatic rings. The largest absolute Gasteiger partial charge is 0.481 e. The van der Waals surface area contributed by atoms with Gasteiger partial charge in [-0.2, -0.15) is 5.10 Å². The molecule has 0 amide bonds. The van der Waals surface area contributed by atoms with Crippen LogP contribution in [0.15, 0.2) is 6.20 Å². The second-order valence-corrected chi connectivity index (χ2v) is 6.35. The van der Waals surface area contributed by atoms with Gasteiger partial charge < -0.3 is 25.8 Å². The number of nitrogens with one attached hydrogen (secondary N) is 2. The van der Waals surface area contributed by atoms with Gasteiger partial charge in [0.1, 0.15) is 5.69 Å². The molecule has 10 heteroatoms. The van der Waals surface area contributed by atoms with Gasteiger partial charge in [0.25, 0.3) is 0 Å². The first-order valence-electron chi connectivity index (χ1n) is 8.46. The summed E-state index contributed by atoms with van der Waals surface area (Å²) in [4.78, 5) is 21.9. The van der Waals surface area contributed by atoms with Crippen LogP contribution in [0.2, 0.25) is 0 Å². The van der Waals surface area contributed by atoms with Crippen molar-refractivity contribution >= 4 is 18.3 Å². The topological polar surface area (TPSA) is 121 Å². The van der Waals surface area contributed by atoms with Crippen LogP contribution >= 0.6 is 0 Å². The molecule has 0 bridgehead atoms. The molecule has 3 rings (SSSR count). The molecule has 0 saturated carbocycles. The van der Waals surface area contributed by atoms with Crippen molar-refractivity contribution in [2.24, 2.45) is 0 Å². The second kappa shape index (κ2) is 9.28. The quantitative estimate of drug-likeness (QED) is 0.420. The minimum absolute atomic E-state index is 0. The number of hydrogen-bond donors (Lipinski definition) is 1. The first kappa shape index (κ1) is 21.3. The maximum Gasteiger partial charge on any atom is 0.170 e. The summed E-state index contributed by atoms with van der Waals surface area (Å²) in [5.41, 5.74) is 9.33. The van der Waals surface area contributed by atoms with Gasteiger partial charge in [-0.25, -0.2) is 9.67 Å². The summed E-state index contributed by atoms with van der Waals surface area (Å²) in [6.45, 7) is 4.00. The molecule has 27 heavy (non-hydrogen) atoms. The number of carbonyl (C=O) groups excluding carboxylic acids is 1. The number of aromatic nitrogens is 4. The maximum atomic E-state index is 11.4. The van der Waals surface area contributed by atoms with Crippen molar-refractivity contribution in [1.29, 1.82) is 5.41 Å². The SMILES string of the molecule is Cc1nc([NH-])c(C=N)c(-n2cc(CCN(C)C3CCOC3)c(C=O)n2)n1.[Re]. The molecule has 2 aromatic heterocycles. The van der Waals surface area contributed by atoms with Gasteiger partial charge >= 0.3 is 0 Å². The van der Waals surface area contributed by atoms with Crippen LogP contribution in [0, 0.1) is 12.3 Å². The zero-order chi connectivity index (χ0) is 18.7. The van der Waals surface area contributed by atoms with E-state index in [9.17, 15) is 4.79 Å². The van der Waals surface area contributed by atoms with Gasteiger partial charge in [-0.1, -0.05) is 5.82 Å². The Bertz CT molecular complexity index is 818. The monoisotopic (exact) mass is 543 g/mol. The Morgan fingerprint density at radius 3 is 2.89 bits per heavy atom. The van der Waals surface area contributed by atoms with E-state index in [0.717, 1.165) is 44.2 Å². The van der Waals surface area contributed by atoms with Gasteiger partial charge in [-0.05, 0) is 26.8 Å². The number of likely N-dealkylation sites (N-methyl/N-ethyl adjacent to an activating group) is 1. The van der Waals surface area contributed by atoms with Gasteiger partial charge in [0, 0.05) is 69.0 Å². The van der Waals surface area contributed by atoms with Crippen LogP contribution in [-0.2, 0) is 31.6 Å². The fourth-order valence-electron chi connectivity index (χ4n) is 3.05. The summed E-state index contributed by atoms with van der Waals surface area (Å²) >= 11 is 0. The van der Waals surface area contributed by atoms with Gasteiger partial charge in [-0.15, -0.1) is 0 Å². The predicted molar refractivity (Wildman–Crippen MR) is 96.7 cm³/mol. The molecule has 2 N–H and O–H groups in total. The van der Waals surface area contributed by atoms with E-state index in [-0.39, 0.29) is 31.8 Å². The van der Waals surface area contributed by atoms with E-state index in [2.05, 4.69) is 27.0 Å². The van der Waals surface area contributed by atoms with Gasteiger partial charge in [0.05, 0.1) is 6.61 Å². The van der Waals surface area contributed by atoms with Crippen molar-refractivity contribution in [3.05, 3.63) is 34.6 Å². The van der Waals surface area contributed by atoms with E-state index >= 15 is 0 Å². The number of rotatable bonds is 7. The Morgan fingerprint density at radius 1 is 1.48 bits per heavy atom. The molecule has 0 aliphatic carbocycles. The van der Waals surface area contributed by atoms with Crippen LogP contribution in [0.4, 0.5) is 5.82 Å². The van der Waals surface area contributed by atoms with Crippen molar-refractivity contribution in [2.45, 2.75) is 25.8 Å². The van der Waals surface area contributed by atoms with Crippen molar-refractivity contribution in [1.82, 2.24) is 24.6 Å². The number of hydrogen-bond acceptors (Lipinski definition) is 7. The molecule has 1 aliphatic heterocycles. The summed E-state index contributed by atoms with van der Waals surface area (Å²) in [5, 5.41) is 11.8. The van der Waals surface area contributed by atoms with Gasteiger partial charge in [0.15, 0.2) is 12.1 Å². The molecule has 0 spiro atoms. The van der Waals surface area contributed by atoms with Crippen molar-refractivity contribution in [2.75, 3.05) is 26.8 Å². The molecule has 1 atom stereocenters. The van der Waals surface area contributed by atoms with E-state index in [1.165, 1.54) is 4.68 Å². The van der Waals surface area contributed by atoms with E-state index in [4.69, 9.17) is 15.9 Å². The molecule has 145 valence electrons. The molecule has 1 radical (unpaired) electrons. The average molecular weight is 543 g/mol. The fourth-order valence-corrected chi connectivity index (χ4v) is 3.05. The van der Waals surface area contributed by atoms with Crippen molar-refractivity contribution in [3.8, 4) is 5.82 Å². The third-order valence-corrected chi connectivity index (χ3v) is 4.60.